The van der Waals surface area contributed by atoms with Gasteiger partial charge in [0.15, 0.2) is 11.5 Å². The minimum atomic E-state index is 0.197. The van der Waals surface area contributed by atoms with Crippen LogP contribution in [0.4, 0.5) is 0 Å². The molecule has 0 fully saturated rings. The molecule has 0 aliphatic carbocycles. The number of aliphatic hydroxyl groups is 1. The molecule has 0 radical (unpaired) electrons. The molecule has 1 aromatic carbocycles. The van der Waals surface area contributed by atoms with E-state index in [2.05, 4.69) is 10.3 Å². The molecular weight excluding hydrogens is 316 g/mol. The first kappa shape index (κ1) is 17.5. The SMILES string of the molecule is COc1cc(CNCCCO)ccc1OCc1ccc(Cl)nc1. The van der Waals surface area contributed by atoms with Crippen LogP contribution in [0.15, 0.2) is 36.5 Å². The third-order valence-electron chi connectivity index (χ3n) is 3.25. The van der Waals surface area contributed by atoms with E-state index >= 15 is 0 Å². The number of hydrogen-bond donors (Lipinski definition) is 2. The van der Waals surface area contributed by atoms with Gasteiger partial charge in [0.1, 0.15) is 11.8 Å². The molecule has 0 saturated carbocycles. The molecule has 2 rings (SSSR count). The smallest absolute Gasteiger partial charge is 0.161 e. The second kappa shape index (κ2) is 9.35. The number of halogens is 1. The zero-order valence-corrected chi connectivity index (χ0v) is 13.8. The quantitative estimate of drug-likeness (QED) is 0.544. The number of rotatable bonds is 9. The van der Waals surface area contributed by atoms with Gasteiger partial charge in [0.2, 0.25) is 0 Å². The molecular formula is C17H21ClN2O3. The summed E-state index contributed by atoms with van der Waals surface area (Å²) in [7, 11) is 1.62. The van der Waals surface area contributed by atoms with Crippen LogP contribution in [0.1, 0.15) is 17.5 Å². The molecule has 0 bridgehead atoms. The summed E-state index contributed by atoms with van der Waals surface area (Å²) in [4.78, 5) is 4.03. The minimum absolute atomic E-state index is 0.197. The number of aliphatic hydroxyl groups excluding tert-OH is 1. The first-order chi connectivity index (χ1) is 11.2. The van der Waals surface area contributed by atoms with E-state index < -0.39 is 0 Å². The highest BCUT2D eigenvalue weighted by Gasteiger charge is 2.06. The Morgan fingerprint density at radius 2 is 2.00 bits per heavy atom. The summed E-state index contributed by atoms with van der Waals surface area (Å²) in [6.07, 6.45) is 2.43. The number of pyridine rings is 1. The maximum Gasteiger partial charge on any atom is 0.161 e. The van der Waals surface area contributed by atoms with Crippen molar-refractivity contribution in [3.8, 4) is 11.5 Å². The largest absolute Gasteiger partial charge is 0.493 e. The highest BCUT2D eigenvalue weighted by molar-refractivity contribution is 6.29. The van der Waals surface area contributed by atoms with E-state index in [1.165, 1.54) is 0 Å². The molecule has 2 aromatic rings. The van der Waals surface area contributed by atoms with Crippen molar-refractivity contribution in [3.63, 3.8) is 0 Å². The second-order valence-corrected chi connectivity index (χ2v) is 5.40. The first-order valence-electron chi connectivity index (χ1n) is 7.44. The average molecular weight is 337 g/mol. The van der Waals surface area contributed by atoms with Gasteiger partial charge in [-0.15, -0.1) is 0 Å². The van der Waals surface area contributed by atoms with Crippen molar-refractivity contribution in [2.45, 2.75) is 19.6 Å². The van der Waals surface area contributed by atoms with Crippen LogP contribution < -0.4 is 14.8 Å². The first-order valence-corrected chi connectivity index (χ1v) is 7.82. The lowest BCUT2D eigenvalue weighted by molar-refractivity contribution is 0.283. The molecule has 5 nitrogen and oxygen atoms in total. The molecule has 0 unspecified atom stereocenters. The van der Waals surface area contributed by atoms with Gasteiger partial charge in [-0.2, -0.15) is 0 Å². The van der Waals surface area contributed by atoms with E-state index in [4.69, 9.17) is 26.2 Å². The number of nitrogens with one attached hydrogen (secondary N) is 1. The Balaban J connectivity index is 1.94. The third kappa shape index (κ3) is 5.71. The predicted octanol–water partition coefficient (Wildman–Crippen LogP) is 2.79. The zero-order valence-electron chi connectivity index (χ0n) is 13.1. The summed E-state index contributed by atoms with van der Waals surface area (Å²) in [5.41, 5.74) is 2.03. The summed E-state index contributed by atoms with van der Waals surface area (Å²) < 4.78 is 11.2. The van der Waals surface area contributed by atoms with Crippen LogP contribution in [-0.2, 0) is 13.2 Å². The molecule has 1 heterocycles. The monoisotopic (exact) mass is 336 g/mol. The van der Waals surface area contributed by atoms with Crippen molar-refractivity contribution in [1.82, 2.24) is 10.3 Å². The summed E-state index contributed by atoms with van der Waals surface area (Å²) in [5, 5.41) is 12.5. The normalized spacial score (nSPS) is 10.6. The molecule has 0 aliphatic rings. The van der Waals surface area contributed by atoms with Crippen LogP contribution in [0.3, 0.4) is 0 Å². The van der Waals surface area contributed by atoms with Crippen LogP contribution in [0.25, 0.3) is 0 Å². The number of nitrogens with zero attached hydrogens (tertiary/aromatic N) is 1. The summed E-state index contributed by atoms with van der Waals surface area (Å²) >= 11 is 5.76. The van der Waals surface area contributed by atoms with Gasteiger partial charge in [0, 0.05) is 24.9 Å². The minimum Gasteiger partial charge on any atom is -0.493 e. The molecule has 23 heavy (non-hydrogen) atoms. The molecule has 1 aromatic heterocycles. The number of hydrogen-bond acceptors (Lipinski definition) is 5. The van der Waals surface area contributed by atoms with Gasteiger partial charge < -0.3 is 19.9 Å². The number of aromatic nitrogens is 1. The van der Waals surface area contributed by atoms with E-state index in [0.29, 0.717) is 23.3 Å². The fraction of sp³-hybridized carbons (Fsp3) is 0.353. The highest BCUT2D eigenvalue weighted by Crippen LogP contribution is 2.28. The van der Waals surface area contributed by atoms with E-state index in [0.717, 1.165) is 30.6 Å². The van der Waals surface area contributed by atoms with Crippen LogP contribution in [0, 0.1) is 0 Å². The van der Waals surface area contributed by atoms with Crippen molar-refractivity contribution in [2.75, 3.05) is 20.3 Å². The fourth-order valence-corrected chi connectivity index (χ4v) is 2.14. The Hall–Kier alpha value is -1.82. The summed E-state index contributed by atoms with van der Waals surface area (Å²) in [6.45, 7) is 2.09. The molecule has 0 atom stereocenters. The van der Waals surface area contributed by atoms with Crippen molar-refractivity contribution < 1.29 is 14.6 Å². The lowest BCUT2D eigenvalue weighted by atomic mass is 10.2. The number of benzene rings is 1. The third-order valence-corrected chi connectivity index (χ3v) is 3.48. The van der Waals surface area contributed by atoms with Crippen molar-refractivity contribution in [3.05, 3.63) is 52.8 Å². The van der Waals surface area contributed by atoms with Gasteiger partial charge in [0.25, 0.3) is 0 Å². The molecule has 0 aliphatic heterocycles. The van der Waals surface area contributed by atoms with Gasteiger partial charge in [-0.05, 0) is 36.7 Å². The number of methoxy groups -OCH3 is 1. The standard InChI is InChI=1S/C17H21ClN2O3/c1-22-16-9-13(10-19-7-2-8-21)3-5-15(16)23-12-14-4-6-17(18)20-11-14/h3-6,9,11,19,21H,2,7-8,10,12H2,1H3. The molecule has 124 valence electrons. The molecule has 0 spiro atoms. The van der Waals surface area contributed by atoms with E-state index in [1.807, 2.05) is 24.3 Å². The Kier molecular flexibility index (Phi) is 7.13. The summed E-state index contributed by atoms with van der Waals surface area (Å²) in [5.74, 6) is 1.37. The lowest BCUT2D eigenvalue weighted by Gasteiger charge is -2.12. The Labute approximate surface area is 141 Å². The summed E-state index contributed by atoms with van der Waals surface area (Å²) in [6, 6.07) is 9.44. The van der Waals surface area contributed by atoms with Crippen LogP contribution in [0.2, 0.25) is 5.15 Å². The van der Waals surface area contributed by atoms with Crippen molar-refractivity contribution >= 4 is 11.6 Å². The highest BCUT2D eigenvalue weighted by atomic mass is 35.5. The van der Waals surface area contributed by atoms with Crippen LogP contribution in [0.5, 0.6) is 11.5 Å². The van der Waals surface area contributed by atoms with Crippen LogP contribution >= 0.6 is 11.6 Å². The second-order valence-electron chi connectivity index (χ2n) is 5.02. The van der Waals surface area contributed by atoms with Crippen molar-refractivity contribution in [2.24, 2.45) is 0 Å². The van der Waals surface area contributed by atoms with Gasteiger partial charge in [-0.3, -0.25) is 0 Å². The van der Waals surface area contributed by atoms with E-state index in [9.17, 15) is 0 Å². The maximum absolute atomic E-state index is 8.76. The van der Waals surface area contributed by atoms with Crippen molar-refractivity contribution in [1.29, 1.82) is 0 Å². The Bertz CT molecular complexity index is 605. The average Bonchev–Trinajstić information content (AvgIpc) is 2.58. The molecule has 0 saturated heterocycles. The van der Waals surface area contributed by atoms with E-state index in [-0.39, 0.29) is 6.61 Å². The van der Waals surface area contributed by atoms with Gasteiger partial charge in [-0.1, -0.05) is 23.7 Å². The Morgan fingerprint density at radius 1 is 1.17 bits per heavy atom. The molecule has 2 N–H and O–H groups in total. The zero-order chi connectivity index (χ0) is 16.5. The fourth-order valence-electron chi connectivity index (χ4n) is 2.03. The topological polar surface area (TPSA) is 63.6 Å². The lowest BCUT2D eigenvalue weighted by Crippen LogP contribution is -2.15. The van der Waals surface area contributed by atoms with Gasteiger partial charge >= 0.3 is 0 Å². The Morgan fingerprint density at radius 3 is 2.70 bits per heavy atom. The molecule has 6 heteroatoms. The van der Waals surface area contributed by atoms with Gasteiger partial charge in [0.05, 0.1) is 7.11 Å². The van der Waals surface area contributed by atoms with E-state index in [1.54, 1.807) is 19.4 Å². The molecule has 0 amide bonds. The van der Waals surface area contributed by atoms with Gasteiger partial charge in [-0.25, -0.2) is 4.98 Å². The maximum atomic E-state index is 8.76. The predicted molar refractivity (Wildman–Crippen MR) is 90.0 cm³/mol. The number of ether oxygens (including phenoxy) is 2. The van der Waals surface area contributed by atoms with Crippen LogP contribution in [-0.4, -0.2) is 30.4 Å².